The van der Waals surface area contributed by atoms with E-state index in [0.29, 0.717) is 22.3 Å². The van der Waals surface area contributed by atoms with E-state index in [1.165, 1.54) is 12.3 Å². The monoisotopic (exact) mass is 498 g/mol. The second kappa shape index (κ2) is 9.02. The number of halogens is 7. The van der Waals surface area contributed by atoms with E-state index in [0.717, 1.165) is 0 Å². The fourth-order valence-electron chi connectivity index (χ4n) is 2.54. The van der Waals surface area contributed by atoms with E-state index in [-0.39, 0.29) is 12.5 Å². The van der Waals surface area contributed by atoms with Gasteiger partial charge >= 0.3 is 18.3 Å². The molecule has 0 aliphatic rings. The molecule has 1 aromatic carbocycles. The van der Waals surface area contributed by atoms with Crippen molar-refractivity contribution in [1.82, 2.24) is 10.3 Å². The van der Waals surface area contributed by atoms with Crippen molar-refractivity contribution in [2.45, 2.75) is 31.2 Å². The predicted molar refractivity (Wildman–Crippen MR) is 95.4 cm³/mol. The van der Waals surface area contributed by atoms with Crippen LogP contribution in [0.4, 0.5) is 26.3 Å². The Labute approximate surface area is 174 Å². The van der Waals surface area contributed by atoms with Gasteiger partial charge in [-0.15, -0.1) is 0 Å². The van der Waals surface area contributed by atoms with Gasteiger partial charge in [0.25, 0.3) is 0 Å². The van der Waals surface area contributed by atoms with Gasteiger partial charge in [0.2, 0.25) is 5.91 Å². The first-order chi connectivity index (χ1) is 13.8. The van der Waals surface area contributed by atoms with Crippen LogP contribution < -0.4 is 5.32 Å². The van der Waals surface area contributed by atoms with Gasteiger partial charge in [0.05, 0.1) is 17.5 Å². The quantitative estimate of drug-likeness (QED) is 0.461. The van der Waals surface area contributed by atoms with Gasteiger partial charge in [-0.05, 0) is 51.3 Å². The molecule has 30 heavy (non-hydrogen) atoms. The molecule has 1 heterocycles. The second-order valence-electron chi connectivity index (χ2n) is 6.21. The maximum Gasteiger partial charge on any atom is 0.416 e. The highest BCUT2D eigenvalue weighted by atomic mass is 79.9. The van der Waals surface area contributed by atoms with Gasteiger partial charge in [-0.3, -0.25) is 4.79 Å². The molecule has 0 fully saturated rings. The van der Waals surface area contributed by atoms with E-state index in [4.69, 9.17) is 0 Å². The number of carboxylic acid groups (broad SMARTS) is 1. The van der Waals surface area contributed by atoms with Gasteiger partial charge in [0.15, 0.2) is 0 Å². The molecule has 1 amide bonds. The molecule has 2 rings (SSSR count). The third kappa shape index (κ3) is 6.44. The Kier molecular flexibility index (Phi) is 7.11. The molecule has 0 saturated heterocycles. The number of carbonyl (C=O) groups is 2. The van der Waals surface area contributed by atoms with E-state index in [9.17, 15) is 41.0 Å². The normalized spacial score (nSPS) is 13.0. The van der Waals surface area contributed by atoms with E-state index in [2.05, 4.69) is 26.2 Å². The molecule has 2 N–H and O–H groups in total. The Balaban J connectivity index is 2.23. The van der Waals surface area contributed by atoms with Gasteiger partial charge in [-0.2, -0.15) is 26.3 Å². The number of hydrogen-bond donors (Lipinski definition) is 2. The molecule has 2 aromatic rings. The molecule has 1 atom stereocenters. The van der Waals surface area contributed by atoms with Crippen molar-refractivity contribution in [1.29, 1.82) is 0 Å². The molecular weight excluding hydrogens is 486 g/mol. The second-order valence-corrected chi connectivity index (χ2v) is 6.96. The predicted octanol–water partition coefficient (Wildman–Crippen LogP) is 4.24. The summed E-state index contributed by atoms with van der Waals surface area (Å²) < 4.78 is 77.8. The van der Waals surface area contributed by atoms with Crippen LogP contribution in [0.25, 0.3) is 0 Å². The molecule has 162 valence electrons. The maximum absolute atomic E-state index is 12.9. The van der Waals surface area contributed by atoms with Crippen molar-refractivity contribution in [3.8, 4) is 0 Å². The maximum atomic E-state index is 12.9. The summed E-state index contributed by atoms with van der Waals surface area (Å²) in [5, 5.41) is 11.4. The third-order valence-electron chi connectivity index (χ3n) is 3.91. The number of carboxylic acids is 1. The minimum Gasteiger partial charge on any atom is -0.480 e. The number of pyridine rings is 1. The molecular formula is C18H13BrF6N2O3. The van der Waals surface area contributed by atoms with E-state index >= 15 is 0 Å². The molecule has 0 radical (unpaired) electrons. The minimum absolute atomic E-state index is 0.0542. The van der Waals surface area contributed by atoms with Crippen molar-refractivity contribution in [2.24, 2.45) is 0 Å². The highest BCUT2D eigenvalue weighted by molar-refractivity contribution is 9.10. The molecule has 0 bridgehead atoms. The average Bonchev–Trinajstić information content (AvgIpc) is 2.61. The summed E-state index contributed by atoms with van der Waals surface area (Å²) in [6.45, 7) is 0. The molecule has 5 nitrogen and oxygen atoms in total. The van der Waals surface area contributed by atoms with Crippen molar-refractivity contribution >= 4 is 27.8 Å². The number of nitrogens with zero attached hydrogens (tertiary/aromatic N) is 1. The molecule has 0 unspecified atom stereocenters. The van der Waals surface area contributed by atoms with Gasteiger partial charge < -0.3 is 10.4 Å². The standard InChI is InChI=1S/C18H13BrF6N2O3/c19-15-10(2-1-3-26-15)7-13(16(29)30)27-14(28)6-9-4-11(17(20,21)22)8-12(5-9)18(23,24)25/h1-5,8,13H,6-7H2,(H,27,28)(H,29,30)/t13-/m1/s1. The zero-order valence-electron chi connectivity index (χ0n) is 14.8. The Morgan fingerprint density at radius 2 is 1.63 bits per heavy atom. The first kappa shape index (κ1) is 23.6. The van der Waals surface area contributed by atoms with Crippen LogP contribution in [0, 0.1) is 0 Å². The fourth-order valence-corrected chi connectivity index (χ4v) is 2.96. The summed E-state index contributed by atoms with van der Waals surface area (Å²) in [6, 6.07) is 2.39. The number of aromatic nitrogens is 1. The molecule has 0 spiro atoms. The molecule has 1 aromatic heterocycles. The average molecular weight is 499 g/mol. The van der Waals surface area contributed by atoms with Gasteiger partial charge in [0, 0.05) is 12.6 Å². The fraction of sp³-hybridized carbons (Fsp3) is 0.278. The SMILES string of the molecule is O=C(Cc1cc(C(F)(F)F)cc(C(F)(F)F)c1)N[C@H](Cc1cccnc1Br)C(=O)O. The zero-order valence-corrected chi connectivity index (χ0v) is 16.4. The van der Waals surface area contributed by atoms with Gasteiger partial charge in [-0.25, -0.2) is 9.78 Å². The van der Waals surface area contributed by atoms with Crippen molar-refractivity contribution in [2.75, 3.05) is 0 Å². The van der Waals surface area contributed by atoms with E-state index in [1.54, 1.807) is 6.07 Å². The summed E-state index contributed by atoms with van der Waals surface area (Å²) in [7, 11) is 0. The Morgan fingerprint density at radius 1 is 1.07 bits per heavy atom. The van der Waals surface area contributed by atoms with Crippen LogP contribution in [0.15, 0.2) is 41.1 Å². The number of rotatable bonds is 6. The number of carbonyl (C=O) groups excluding carboxylic acids is 1. The smallest absolute Gasteiger partial charge is 0.416 e. The number of alkyl halides is 6. The Morgan fingerprint density at radius 3 is 2.10 bits per heavy atom. The van der Waals surface area contributed by atoms with E-state index < -0.39 is 53.4 Å². The van der Waals surface area contributed by atoms with Crippen molar-refractivity contribution in [3.63, 3.8) is 0 Å². The topological polar surface area (TPSA) is 79.3 Å². The largest absolute Gasteiger partial charge is 0.480 e. The first-order valence-electron chi connectivity index (χ1n) is 8.17. The van der Waals surface area contributed by atoms with Crippen molar-refractivity contribution < 1.29 is 41.0 Å². The molecule has 0 saturated carbocycles. The van der Waals surface area contributed by atoms with Crippen LogP contribution in [0.3, 0.4) is 0 Å². The Bertz CT molecular complexity index is 914. The lowest BCUT2D eigenvalue weighted by Gasteiger charge is -2.17. The number of amides is 1. The van der Waals surface area contributed by atoms with Crippen molar-refractivity contribution in [3.05, 3.63) is 63.4 Å². The zero-order chi connectivity index (χ0) is 22.7. The highest BCUT2D eigenvalue weighted by Gasteiger charge is 2.37. The molecule has 12 heteroatoms. The van der Waals surface area contributed by atoms with Gasteiger partial charge in [-0.1, -0.05) is 6.07 Å². The van der Waals surface area contributed by atoms with Crippen LogP contribution in [0.2, 0.25) is 0 Å². The summed E-state index contributed by atoms with van der Waals surface area (Å²) in [6.07, 6.45) is -9.74. The summed E-state index contributed by atoms with van der Waals surface area (Å²) in [5.74, 6) is -2.48. The molecule has 0 aliphatic carbocycles. The Hall–Kier alpha value is -2.63. The lowest BCUT2D eigenvalue weighted by molar-refractivity contribution is -0.143. The lowest BCUT2D eigenvalue weighted by atomic mass is 10.0. The minimum atomic E-state index is -5.05. The summed E-state index contributed by atoms with van der Waals surface area (Å²) in [4.78, 5) is 27.5. The van der Waals surface area contributed by atoms with E-state index in [1.807, 2.05) is 0 Å². The summed E-state index contributed by atoms with van der Waals surface area (Å²) in [5.41, 5.74) is -3.24. The molecule has 0 aliphatic heterocycles. The van der Waals surface area contributed by atoms with Crippen LogP contribution in [-0.2, 0) is 34.8 Å². The lowest BCUT2D eigenvalue weighted by Crippen LogP contribution is -2.43. The first-order valence-corrected chi connectivity index (χ1v) is 8.96. The van der Waals surface area contributed by atoms with Crippen LogP contribution in [0.5, 0.6) is 0 Å². The highest BCUT2D eigenvalue weighted by Crippen LogP contribution is 2.36. The number of aliphatic carboxylic acids is 1. The van der Waals surface area contributed by atoms with Crippen LogP contribution in [-0.4, -0.2) is 28.0 Å². The third-order valence-corrected chi connectivity index (χ3v) is 4.62. The van der Waals surface area contributed by atoms with Gasteiger partial charge in [0.1, 0.15) is 10.6 Å². The summed E-state index contributed by atoms with van der Waals surface area (Å²) >= 11 is 3.12. The number of benzene rings is 1. The van der Waals surface area contributed by atoms with Crippen LogP contribution >= 0.6 is 15.9 Å². The van der Waals surface area contributed by atoms with Crippen LogP contribution in [0.1, 0.15) is 22.3 Å². The number of hydrogen-bond acceptors (Lipinski definition) is 3. The number of nitrogens with one attached hydrogen (secondary N) is 1.